The number of nitrogens with zero attached hydrogens (tertiary/aromatic N) is 5. The number of piperazine rings is 1. The number of carbonyl (C=O) groups is 1. The van der Waals surface area contributed by atoms with Crippen molar-refractivity contribution in [1.29, 1.82) is 0 Å². The number of benzene rings is 2. The summed E-state index contributed by atoms with van der Waals surface area (Å²) in [4.78, 5) is 29.1. The van der Waals surface area contributed by atoms with Crippen LogP contribution in [0.3, 0.4) is 0 Å². The lowest BCUT2D eigenvalue weighted by atomic mass is 10.1. The quantitative estimate of drug-likeness (QED) is 0.384. The van der Waals surface area contributed by atoms with Crippen molar-refractivity contribution in [1.82, 2.24) is 14.8 Å². The minimum Gasteiger partial charge on any atom is -0.468 e. The van der Waals surface area contributed by atoms with Gasteiger partial charge in [0.15, 0.2) is 5.13 Å². The summed E-state index contributed by atoms with van der Waals surface area (Å²) in [7, 11) is 1.63. The smallest absolute Gasteiger partial charge is 0.292 e. The third-order valence-corrected chi connectivity index (χ3v) is 7.71. The molecule has 0 spiro atoms. The van der Waals surface area contributed by atoms with Crippen molar-refractivity contribution in [3.8, 4) is 0 Å². The largest absolute Gasteiger partial charge is 0.468 e. The molecular formula is C26H27F2N5O2S. The van der Waals surface area contributed by atoms with Gasteiger partial charge in [-0.2, -0.15) is 4.99 Å². The zero-order valence-corrected chi connectivity index (χ0v) is 21.0. The van der Waals surface area contributed by atoms with Gasteiger partial charge in [-0.25, -0.2) is 13.8 Å². The molecule has 7 nitrogen and oxygen atoms in total. The zero-order chi connectivity index (χ0) is 25.2. The molecule has 0 radical (unpaired) electrons. The van der Waals surface area contributed by atoms with Gasteiger partial charge in [-0.1, -0.05) is 24.3 Å². The van der Waals surface area contributed by atoms with E-state index >= 15 is 0 Å². The molecular weight excluding hydrogens is 484 g/mol. The van der Waals surface area contributed by atoms with Gasteiger partial charge in [0.25, 0.3) is 11.9 Å². The van der Waals surface area contributed by atoms with E-state index in [9.17, 15) is 13.6 Å². The van der Waals surface area contributed by atoms with Gasteiger partial charge in [0.1, 0.15) is 17.3 Å². The first-order chi connectivity index (χ1) is 17.4. The average Bonchev–Trinajstić information content (AvgIpc) is 3.33. The highest BCUT2D eigenvalue weighted by molar-refractivity contribution is 7.16. The Morgan fingerprint density at radius 1 is 1.06 bits per heavy atom. The zero-order valence-electron chi connectivity index (χ0n) is 20.2. The Kier molecular flexibility index (Phi) is 6.86. The van der Waals surface area contributed by atoms with E-state index in [0.29, 0.717) is 50.9 Å². The van der Waals surface area contributed by atoms with Crippen LogP contribution in [0.1, 0.15) is 26.5 Å². The van der Waals surface area contributed by atoms with Gasteiger partial charge in [0, 0.05) is 49.6 Å². The molecule has 0 atom stereocenters. The summed E-state index contributed by atoms with van der Waals surface area (Å²) >= 11 is 1.52. The molecule has 1 saturated heterocycles. The summed E-state index contributed by atoms with van der Waals surface area (Å²) in [5, 5.41) is 0.793. The van der Waals surface area contributed by atoms with Crippen molar-refractivity contribution in [2.24, 2.45) is 4.99 Å². The van der Waals surface area contributed by atoms with Crippen molar-refractivity contribution in [2.75, 3.05) is 44.7 Å². The van der Waals surface area contributed by atoms with Gasteiger partial charge in [0.2, 0.25) is 0 Å². The van der Waals surface area contributed by atoms with Gasteiger partial charge in [0.05, 0.1) is 19.3 Å². The predicted molar refractivity (Wildman–Crippen MR) is 136 cm³/mol. The lowest BCUT2D eigenvalue weighted by molar-refractivity contribution is 0.0719. The second-order valence-corrected chi connectivity index (χ2v) is 9.87. The van der Waals surface area contributed by atoms with Gasteiger partial charge in [-0.15, -0.1) is 11.3 Å². The van der Waals surface area contributed by atoms with Crippen LogP contribution in [0, 0.1) is 18.6 Å². The lowest BCUT2D eigenvalue weighted by Crippen LogP contribution is -2.49. The number of halogens is 2. The molecule has 0 saturated carbocycles. The molecule has 1 amide bonds. The molecule has 0 aliphatic carbocycles. The summed E-state index contributed by atoms with van der Waals surface area (Å²) < 4.78 is 33.8. The molecule has 3 heterocycles. The molecule has 1 fully saturated rings. The molecule has 2 aliphatic rings. The van der Waals surface area contributed by atoms with E-state index in [1.54, 1.807) is 7.11 Å². The van der Waals surface area contributed by atoms with Crippen molar-refractivity contribution in [3.63, 3.8) is 0 Å². The van der Waals surface area contributed by atoms with E-state index in [4.69, 9.17) is 9.73 Å². The van der Waals surface area contributed by atoms with E-state index in [2.05, 4.69) is 14.8 Å². The van der Waals surface area contributed by atoms with E-state index in [1.807, 2.05) is 31.2 Å². The highest BCUT2D eigenvalue weighted by Gasteiger charge is 2.32. The molecule has 2 aliphatic heterocycles. The fourth-order valence-electron chi connectivity index (χ4n) is 4.45. The molecule has 10 heteroatoms. The number of hydrogen-bond acceptors (Lipinski definition) is 6. The molecule has 188 valence electrons. The number of aryl methyl sites for hydroxylation is 1. The van der Waals surface area contributed by atoms with Gasteiger partial charge < -0.3 is 19.4 Å². The number of thiazole rings is 1. The number of methoxy groups -OCH3 is 1. The van der Waals surface area contributed by atoms with E-state index in [1.165, 1.54) is 34.4 Å². The summed E-state index contributed by atoms with van der Waals surface area (Å²) in [6.45, 7) is 5.14. The number of amidine groups is 1. The van der Waals surface area contributed by atoms with E-state index in [-0.39, 0.29) is 18.0 Å². The lowest BCUT2D eigenvalue weighted by Gasteiger charge is -2.35. The maximum atomic E-state index is 14.1. The Morgan fingerprint density at radius 3 is 2.47 bits per heavy atom. The first-order valence-corrected chi connectivity index (χ1v) is 12.7. The van der Waals surface area contributed by atoms with Crippen LogP contribution in [0.25, 0.3) is 0 Å². The summed E-state index contributed by atoms with van der Waals surface area (Å²) in [6.07, 6.45) is 0.617. The van der Waals surface area contributed by atoms with Crippen molar-refractivity contribution in [2.45, 2.75) is 19.9 Å². The fraction of sp³-hybridized carbons (Fsp3) is 0.346. The molecule has 0 unspecified atom stereocenters. The molecule has 0 bridgehead atoms. The summed E-state index contributed by atoms with van der Waals surface area (Å²) in [6, 6.07) is 12.2. The van der Waals surface area contributed by atoms with Crippen LogP contribution < -0.4 is 4.90 Å². The number of aliphatic imine (C=N–C) groups is 1. The number of para-hydroxylation sites is 1. The number of aromatic nitrogens is 1. The van der Waals surface area contributed by atoms with Gasteiger partial charge >= 0.3 is 0 Å². The highest BCUT2D eigenvalue weighted by Crippen LogP contribution is 2.32. The minimum absolute atomic E-state index is 0.0952. The monoisotopic (exact) mass is 511 g/mol. The number of fused-ring (bicyclic) bond motifs is 1. The van der Waals surface area contributed by atoms with E-state index < -0.39 is 11.6 Å². The molecule has 36 heavy (non-hydrogen) atoms. The first-order valence-electron chi connectivity index (χ1n) is 11.8. The number of amides is 1. The van der Waals surface area contributed by atoms with Crippen LogP contribution in [-0.4, -0.2) is 66.5 Å². The molecule has 1 aromatic heterocycles. The Labute approximate surface area is 212 Å². The second kappa shape index (κ2) is 10.2. The average molecular weight is 512 g/mol. The summed E-state index contributed by atoms with van der Waals surface area (Å²) in [5.74, 6) is -1.58. The Balaban J connectivity index is 1.26. The number of anilines is 1. The fourth-order valence-corrected chi connectivity index (χ4v) is 5.54. The SMILES string of the molecule is CO/C(=N\c1ccccc1C)N1CCN(c2nc3c(s2)CCN(Cc2c(F)cccc2F)C3=O)CC1. The molecule has 3 aromatic rings. The van der Waals surface area contributed by atoms with E-state index in [0.717, 1.165) is 21.3 Å². The van der Waals surface area contributed by atoms with Crippen molar-refractivity contribution < 1.29 is 18.3 Å². The molecule has 5 rings (SSSR count). The second-order valence-electron chi connectivity index (χ2n) is 8.80. The Bertz CT molecular complexity index is 1280. The number of carbonyl (C=O) groups excluding carboxylic acids is 1. The third-order valence-electron chi connectivity index (χ3n) is 6.53. The highest BCUT2D eigenvalue weighted by atomic mass is 32.1. The van der Waals surface area contributed by atoms with Crippen LogP contribution >= 0.6 is 11.3 Å². The normalized spacial score (nSPS) is 16.4. The van der Waals surface area contributed by atoms with Crippen LogP contribution in [-0.2, 0) is 17.7 Å². The summed E-state index contributed by atoms with van der Waals surface area (Å²) in [5.41, 5.74) is 2.25. The third kappa shape index (κ3) is 4.77. The van der Waals surface area contributed by atoms with Crippen molar-refractivity contribution in [3.05, 3.63) is 75.8 Å². The Morgan fingerprint density at radius 2 is 1.78 bits per heavy atom. The first kappa shape index (κ1) is 24.2. The van der Waals surface area contributed by atoms with Gasteiger partial charge in [-0.3, -0.25) is 4.79 Å². The molecule has 2 aromatic carbocycles. The van der Waals surface area contributed by atoms with Crippen molar-refractivity contribution >= 4 is 34.1 Å². The number of ether oxygens (including phenoxy) is 1. The topological polar surface area (TPSA) is 61.3 Å². The van der Waals surface area contributed by atoms with Crippen LogP contribution in [0.15, 0.2) is 47.5 Å². The standard InChI is InChI=1S/C26H27F2N5O2S/c1-17-6-3-4-9-21(17)29-25(35-2)31-12-14-32(15-13-31)26-30-23-22(36-26)10-11-33(24(23)34)16-18-19(27)7-5-8-20(18)28/h3-9H,10-16H2,1-2H3/b29-25-. The minimum atomic E-state index is -0.646. The number of rotatable bonds is 4. The molecule has 0 N–H and O–H groups in total. The maximum absolute atomic E-state index is 14.1. The predicted octanol–water partition coefficient (Wildman–Crippen LogP) is 4.38. The number of hydrogen-bond donors (Lipinski definition) is 0. The Hall–Kier alpha value is -3.53. The maximum Gasteiger partial charge on any atom is 0.292 e. The van der Waals surface area contributed by atoms with Crippen LogP contribution in [0.4, 0.5) is 19.6 Å². The van der Waals surface area contributed by atoms with Crippen LogP contribution in [0.2, 0.25) is 0 Å². The van der Waals surface area contributed by atoms with Gasteiger partial charge in [-0.05, 0) is 30.7 Å². The van der Waals surface area contributed by atoms with Crippen LogP contribution in [0.5, 0.6) is 0 Å².